The maximum atomic E-state index is 12.4. The Hall–Kier alpha value is -4.06. The van der Waals surface area contributed by atoms with Crippen molar-refractivity contribution in [2.75, 3.05) is 21.7 Å². The molecule has 0 radical (unpaired) electrons. The number of nitrogens with two attached hydrogens (primary N) is 1. The minimum Gasteiger partial charge on any atom is -0.397 e. The van der Waals surface area contributed by atoms with Crippen molar-refractivity contribution in [2.45, 2.75) is 6.92 Å². The van der Waals surface area contributed by atoms with Gasteiger partial charge in [-0.25, -0.2) is 0 Å². The number of hydrogen-bond donors (Lipinski definition) is 4. The van der Waals surface area contributed by atoms with E-state index in [9.17, 15) is 9.59 Å². The first-order valence-corrected chi connectivity index (χ1v) is 9.17. The van der Waals surface area contributed by atoms with Crippen molar-refractivity contribution in [1.82, 2.24) is 0 Å². The van der Waals surface area contributed by atoms with Crippen LogP contribution in [-0.2, 0) is 4.79 Å². The van der Waals surface area contributed by atoms with Gasteiger partial charge in [0.25, 0.3) is 11.8 Å². The molecule has 5 N–H and O–H groups in total. The van der Waals surface area contributed by atoms with Crippen LogP contribution in [0.5, 0.6) is 0 Å². The molecule has 1 aliphatic rings. The highest BCUT2D eigenvalue weighted by Crippen LogP contribution is 2.33. The van der Waals surface area contributed by atoms with E-state index < -0.39 is 0 Å². The van der Waals surface area contributed by atoms with Gasteiger partial charge in [-0.1, -0.05) is 30.3 Å². The van der Waals surface area contributed by atoms with Crippen LogP contribution in [0.15, 0.2) is 78.5 Å². The summed E-state index contributed by atoms with van der Waals surface area (Å²) in [4.78, 5) is 24.8. The normalized spacial score (nSPS) is 14.0. The molecule has 0 atom stereocenters. The van der Waals surface area contributed by atoms with Crippen LogP contribution in [0.1, 0.15) is 22.8 Å². The summed E-state index contributed by atoms with van der Waals surface area (Å²) in [5, 5.41) is 8.91. The van der Waals surface area contributed by atoms with Crippen molar-refractivity contribution in [3.8, 4) is 0 Å². The molecule has 6 nitrogen and oxygen atoms in total. The van der Waals surface area contributed by atoms with Gasteiger partial charge in [0.1, 0.15) is 0 Å². The summed E-state index contributed by atoms with van der Waals surface area (Å²) in [7, 11) is 0. The molecule has 3 aromatic rings. The number of para-hydroxylation sites is 3. The Morgan fingerprint density at radius 2 is 1.59 bits per heavy atom. The van der Waals surface area contributed by atoms with Gasteiger partial charge in [-0.05, 0) is 49.4 Å². The fourth-order valence-electron chi connectivity index (χ4n) is 3.28. The topological polar surface area (TPSA) is 96.2 Å². The summed E-state index contributed by atoms with van der Waals surface area (Å²) in [5.41, 5.74) is 11.3. The summed E-state index contributed by atoms with van der Waals surface area (Å²) in [6, 6.07) is 21.7. The molecule has 0 bridgehead atoms. The number of fused-ring (bicyclic) bond motifs is 1. The fraction of sp³-hybridized carbons (Fsp3) is 0.0435. The Balaban J connectivity index is 1.51. The zero-order valence-electron chi connectivity index (χ0n) is 15.8. The van der Waals surface area contributed by atoms with E-state index >= 15 is 0 Å². The first kappa shape index (κ1) is 18.3. The van der Waals surface area contributed by atoms with E-state index in [0.717, 1.165) is 22.6 Å². The van der Waals surface area contributed by atoms with Crippen LogP contribution in [0.3, 0.4) is 0 Å². The van der Waals surface area contributed by atoms with E-state index in [4.69, 9.17) is 5.73 Å². The van der Waals surface area contributed by atoms with Gasteiger partial charge in [0.05, 0.1) is 16.9 Å². The molecule has 0 spiro atoms. The average molecular weight is 384 g/mol. The minimum absolute atomic E-state index is 0.132. The van der Waals surface area contributed by atoms with Crippen molar-refractivity contribution in [3.05, 3.63) is 89.6 Å². The number of hydrogen-bond acceptors (Lipinski definition) is 4. The molecule has 3 aromatic carbocycles. The molecule has 0 aliphatic carbocycles. The van der Waals surface area contributed by atoms with E-state index in [-0.39, 0.29) is 11.8 Å². The third kappa shape index (κ3) is 3.68. The highest BCUT2D eigenvalue weighted by molar-refractivity contribution is 6.32. The predicted octanol–water partition coefficient (Wildman–Crippen LogP) is 4.32. The lowest BCUT2D eigenvalue weighted by Gasteiger charge is -2.11. The van der Waals surface area contributed by atoms with Gasteiger partial charge in [-0.2, -0.15) is 0 Å². The molecule has 1 heterocycles. The Kier molecular flexibility index (Phi) is 4.75. The van der Waals surface area contributed by atoms with Crippen molar-refractivity contribution in [3.63, 3.8) is 0 Å². The zero-order chi connectivity index (χ0) is 20.4. The lowest BCUT2D eigenvalue weighted by molar-refractivity contribution is -0.110. The van der Waals surface area contributed by atoms with Crippen LogP contribution in [0.4, 0.5) is 22.7 Å². The molecule has 144 valence electrons. The number of carbonyl (C=O) groups is 2. The highest BCUT2D eigenvalue weighted by Gasteiger charge is 2.25. The van der Waals surface area contributed by atoms with Gasteiger partial charge in [0, 0.05) is 28.2 Å². The summed E-state index contributed by atoms with van der Waals surface area (Å²) in [6.07, 6.45) is 0. The zero-order valence-corrected chi connectivity index (χ0v) is 15.8. The second-order valence-electron chi connectivity index (χ2n) is 6.74. The number of rotatable bonds is 4. The van der Waals surface area contributed by atoms with Crippen molar-refractivity contribution in [1.29, 1.82) is 0 Å². The summed E-state index contributed by atoms with van der Waals surface area (Å²) in [6.45, 7) is 1.86. The van der Waals surface area contributed by atoms with Crippen LogP contribution in [0, 0.1) is 0 Å². The lowest BCUT2D eigenvalue weighted by atomic mass is 10.1. The van der Waals surface area contributed by atoms with Crippen LogP contribution >= 0.6 is 0 Å². The molecular weight excluding hydrogens is 364 g/mol. The van der Waals surface area contributed by atoms with Crippen LogP contribution in [-0.4, -0.2) is 11.8 Å². The number of carbonyl (C=O) groups excluding carboxylic acids is 2. The second kappa shape index (κ2) is 7.52. The maximum Gasteiger partial charge on any atom is 0.258 e. The predicted molar refractivity (Wildman–Crippen MR) is 117 cm³/mol. The van der Waals surface area contributed by atoms with Crippen molar-refractivity contribution in [2.24, 2.45) is 0 Å². The number of nitrogen functional groups attached to an aromatic ring is 1. The van der Waals surface area contributed by atoms with Gasteiger partial charge in [0.2, 0.25) is 0 Å². The van der Waals surface area contributed by atoms with Gasteiger partial charge in [-0.3, -0.25) is 9.59 Å². The Bertz CT molecular complexity index is 1130. The van der Waals surface area contributed by atoms with E-state index in [0.29, 0.717) is 22.5 Å². The van der Waals surface area contributed by atoms with Crippen molar-refractivity contribution < 1.29 is 9.59 Å². The molecular formula is C23H20N4O2. The molecule has 29 heavy (non-hydrogen) atoms. The van der Waals surface area contributed by atoms with E-state index in [1.54, 1.807) is 36.4 Å². The van der Waals surface area contributed by atoms with Crippen LogP contribution in [0.2, 0.25) is 0 Å². The number of anilines is 4. The van der Waals surface area contributed by atoms with Gasteiger partial charge in [-0.15, -0.1) is 0 Å². The molecule has 0 fully saturated rings. The monoisotopic (exact) mass is 384 g/mol. The smallest absolute Gasteiger partial charge is 0.258 e. The number of allylic oxidation sites excluding steroid dienone is 1. The van der Waals surface area contributed by atoms with Crippen LogP contribution < -0.4 is 21.7 Å². The molecule has 0 aromatic heterocycles. The summed E-state index contributed by atoms with van der Waals surface area (Å²) >= 11 is 0. The van der Waals surface area contributed by atoms with Gasteiger partial charge >= 0.3 is 0 Å². The first-order valence-electron chi connectivity index (χ1n) is 9.17. The molecule has 2 amide bonds. The molecule has 4 rings (SSSR count). The highest BCUT2D eigenvalue weighted by atomic mass is 16.2. The molecule has 0 saturated heterocycles. The Labute approximate surface area is 168 Å². The second-order valence-corrected chi connectivity index (χ2v) is 6.74. The maximum absolute atomic E-state index is 12.4. The third-order valence-electron chi connectivity index (χ3n) is 4.73. The average Bonchev–Trinajstić information content (AvgIpc) is 3.06. The molecule has 0 saturated carbocycles. The van der Waals surface area contributed by atoms with Crippen molar-refractivity contribution >= 4 is 40.1 Å². The number of amides is 2. The number of benzene rings is 3. The SMILES string of the molecule is C/C(Nc1ccc(C(=O)Nc2ccccc2N)cc1)=C1/C(=O)Nc2ccccc21. The number of nitrogens with one attached hydrogen (secondary N) is 3. The third-order valence-corrected chi connectivity index (χ3v) is 4.73. The van der Waals surface area contributed by atoms with E-state index in [1.807, 2.05) is 43.3 Å². The van der Waals surface area contributed by atoms with E-state index in [2.05, 4.69) is 16.0 Å². The lowest BCUT2D eigenvalue weighted by Crippen LogP contribution is -2.13. The summed E-state index contributed by atoms with van der Waals surface area (Å²) in [5.74, 6) is -0.374. The van der Waals surface area contributed by atoms with Gasteiger partial charge < -0.3 is 21.7 Å². The Morgan fingerprint density at radius 1 is 0.897 bits per heavy atom. The quantitative estimate of drug-likeness (QED) is 0.398. The Morgan fingerprint density at radius 3 is 2.34 bits per heavy atom. The van der Waals surface area contributed by atoms with Gasteiger partial charge in [0.15, 0.2) is 0 Å². The first-order chi connectivity index (χ1) is 14.0. The minimum atomic E-state index is -0.242. The molecule has 0 unspecified atom stereocenters. The standard InChI is InChI=1S/C23H20N4O2/c1-14(21-17-6-2-4-8-19(17)26-23(21)29)25-16-12-10-15(11-13-16)22(28)27-20-9-5-3-7-18(20)24/h2-13,25H,24H2,1H3,(H,26,29)(H,27,28)/b21-14-. The summed E-state index contributed by atoms with van der Waals surface area (Å²) < 4.78 is 0. The fourth-order valence-corrected chi connectivity index (χ4v) is 3.28. The molecule has 6 heteroatoms. The largest absolute Gasteiger partial charge is 0.397 e. The molecule has 1 aliphatic heterocycles. The van der Waals surface area contributed by atoms with E-state index in [1.165, 1.54) is 0 Å². The van der Waals surface area contributed by atoms with Crippen LogP contribution in [0.25, 0.3) is 5.57 Å².